The van der Waals surface area contributed by atoms with Crippen LogP contribution < -0.4 is 10.9 Å². The fourth-order valence-corrected chi connectivity index (χ4v) is 1.65. The molecule has 0 bridgehead atoms. The first-order valence-corrected chi connectivity index (χ1v) is 5.59. The van der Waals surface area contributed by atoms with E-state index in [9.17, 15) is 14.4 Å². The van der Waals surface area contributed by atoms with Crippen molar-refractivity contribution in [2.24, 2.45) is 0 Å². The Kier molecular flexibility index (Phi) is 3.61. The zero-order valence-electron chi connectivity index (χ0n) is 10.2. The Morgan fingerprint density at radius 2 is 2.05 bits per heavy atom. The Labute approximate surface area is 108 Å². The third kappa shape index (κ3) is 2.79. The molecule has 98 valence electrons. The number of hydrogen-bond acceptors (Lipinski definition) is 4. The Hall–Kier alpha value is -2.63. The van der Waals surface area contributed by atoms with Crippen molar-refractivity contribution in [1.82, 2.24) is 10.3 Å². The van der Waals surface area contributed by atoms with Crippen LogP contribution in [0.1, 0.15) is 10.5 Å². The van der Waals surface area contributed by atoms with E-state index in [1.54, 1.807) is 30.3 Å². The average Bonchev–Trinajstić information content (AvgIpc) is 2.44. The number of carbonyl (C=O) groups is 2. The third-order valence-electron chi connectivity index (χ3n) is 2.62. The monoisotopic (exact) mass is 260 g/mol. The first kappa shape index (κ1) is 12.8. The predicted molar refractivity (Wildman–Crippen MR) is 68.9 cm³/mol. The standard InChI is InChI=1S/C13H12N2O4/c1-19-11(16)7-14-13(18)10-6-8-4-2-3-5-9(8)12(17)15-10/h2-6H,7H2,1H3,(H,14,18)(H,15,17). The quantitative estimate of drug-likeness (QED) is 0.783. The topological polar surface area (TPSA) is 88.3 Å². The van der Waals surface area contributed by atoms with Gasteiger partial charge in [-0.3, -0.25) is 14.4 Å². The molecule has 1 aromatic carbocycles. The first-order chi connectivity index (χ1) is 9.11. The molecule has 0 aliphatic rings. The summed E-state index contributed by atoms with van der Waals surface area (Å²) in [6.07, 6.45) is 0. The van der Waals surface area contributed by atoms with Gasteiger partial charge in [0.2, 0.25) is 0 Å². The molecule has 0 radical (unpaired) electrons. The van der Waals surface area contributed by atoms with Crippen molar-refractivity contribution in [2.75, 3.05) is 13.7 Å². The van der Waals surface area contributed by atoms with Crippen LogP contribution >= 0.6 is 0 Å². The lowest BCUT2D eigenvalue weighted by Gasteiger charge is -2.05. The molecule has 1 aromatic heterocycles. The normalized spacial score (nSPS) is 10.2. The molecule has 6 nitrogen and oxygen atoms in total. The molecule has 2 N–H and O–H groups in total. The number of methoxy groups -OCH3 is 1. The lowest BCUT2D eigenvalue weighted by molar-refractivity contribution is -0.139. The summed E-state index contributed by atoms with van der Waals surface area (Å²) >= 11 is 0. The van der Waals surface area contributed by atoms with E-state index in [0.717, 1.165) is 0 Å². The predicted octanol–water partition coefficient (Wildman–Crippen LogP) is 0.431. The fourth-order valence-electron chi connectivity index (χ4n) is 1.65. The van der Waals surface area contributed by atoms with E-state index in [1.807, 2.05) is 0 Å². The van der Waals surface area contributed by atoms with E-state index >= 15 is 0 Å². The van der Waals surface area contributed by atoms with E-state index in [0.29, 0.717) is 10.8 Å². The van der Waals surface area contributed by atoms with E-state index < -0.39 is 11.9 Å². The number of aromatic nitrogens is 1. The summed E-state index contributed by atoms with van der Waals surface area (Å²) < 4.78 is 4.40. The molecule has 0 aliphatic heterocycles. The molecule has 0 atom stereocenters. The van der Waals surface area contributed by atoms with Crippen molar-refractivity contribution in [1.29, 1.82) is 0 Å². The van der Waals surface area contributed by atoms with Crippen LogP contribution in [0.15, 0.2) is 35.1 Å². The lowest BCUT2D eigenvalue weighted by Crippen LogP contribution is -2.31. The number of benzene rings is 1. The number of aromatic amines is 1. The summed E-state index contributed by atoms with van der Waals surface area (Å²) in [5.41, 5.74) is -0.242. The average molecular weight is 260 g/mol. The van der Waals surface area contributed by atoms with Crippen molar-refractivity contribution >= 4 is 22.6 Å². The van der Waals surface area contributed by atoms with Crippen LogP contribution in [0.5, 0.6) is 0 Å². The van der Waals surface area contributed by atoms with Crippen molar-refractivity contribution in [2.45, 2.75) is 0 Å². The largest absolute Gasteiger partial charge is 0.468 e. The Morgan fingerprint density at radius 1 is 1.32 bits per heavy atom. The zero-order chi connectivity index (χ0) is 13.8. The highest BCUT2D eigenvalue weighted by Crippen LogP contribution is 2.09. The van der Waals surface area contributed by atoms with Crippen LogP contribution in [-0.4, -0.2) is 30.5 Å². The van der Waals surface area contributed by atoms with Gasteiger partial charge in [0.1, 0.15) is 12.2 Å². The van der Waals surface area contributed by atoms with Gasteiger partial charge in [0.25, 0.3) is 11.5 Å². The maximum atomic E-state index is 11.8. The van der Waals surface area contributed by atoms with Crippen LogP contribution in [-0.2, 0) is 9.53 Å². The molecule has 19 heavy (non-hydrogen) atoms. The van der Waals surface area contributed by atoms with Gasteiger partial charge in [-0.25, -0.2) is 0 Å². The van der Waals surface area contributed by atoms with Gasteiger partial charge >= 0.3 is 5.97 Å². The second-order valence-electron chi connectivity index (χ2n) is 3.86. The summed E-state index contributed by atoms with van der Waals surface area (Å²) in [6, 6.07) is 8.49. The van der Waals surface area contributed by atoms with Crippen molar-refractivity contribution in [3.63, 3.8) is 0 Å². The third-order valence-corrected chi connectivity index (χ3v) is 2.62. The Bertz CT molecular complexity index is 690. The van der Waals surface area contributed by atoms with E-state index in [4.69, 9.17) is 0 Å². The highest BCUT2D eigenvalue weighted by molar-refractivity contribution is 5.97. The highest BCUT2D eigenvalue weighted by atomic mass is 16.5. The number of fused-ring (bicyclic) bond motifs is 1. The van der Waals surface area contributed by atoms with Crippen molar-refractivity contribution in [3.05, 3.63) is 46.4 Å². The zero-order valence-corrected chi connectivity index (χ0v) is 10.2. The molecule has 0 saturated heterocycles. The van der Waals surface area contributed by atoms with Crippen LogP contribution in [0.3, 0.4) is 0 Å². The Balaban J connectivity index is 2.28. The molecular formula is C13H12N2O4. The molecule has 0 aliphatic carbocycles. The van der Waals surface area contributed by atoms with Gasteiger partial charge in [0.15, 0.2) is 0 Å². The first-order valence-electron chi connectivity index (χ1n) is 5.59. The number of hydrogen-bond donors (Lipinski definition) is 2. The molecule has 2 rings (SSSR count). The maximum absolute atomic E-state index is 11.8. The van der Waals surface area contributed by atoms with Gasteiger partial charge in [0, 0.05) is 5.39 Å². The van der Waals surface area contributed by atoms with Crippen LogP contribution in [0.2, 0.25) is 0 Å². The van der Waals surface area contributed by atoms with Crippen LogP contribution in [0.25, 0.3) is 10.8 Å². The van der Waals surface area contributed by atoms with Gasteiger partial charge in [-0.05, 0) is 17.5 Å². The number of rotatable bonds is 3. The van der Waals surface area contributed by atoms with E-state index in [1.165, 1.54) is 7.11 Å². The van der Waals surface area contributed by atoms with Gasteiger partial charge in [-0.2, -0.15) is 0 Å². The summed E-state index contributed by atoms with van der Waals surface area (Å²) in [6.45, 7) is -0.246. The summed E-state index contributed by atoms with van der Waals surface area (Å²) in [7, 11) is 1.23. The van der Waals surface area contributed by atoms with E-state index in [2.05, 4.69) is 15.0 Å². The van der Waals surface area contributed by atoms with Gasteiger partial charge in [-0.15, -0.1) is 0 Å². The van der Waals surface area contributed by atoms with Crippen LogP contribution in [0, 0.1) is 0 Å². The number of H-pyrrole nitrogens is 1. The smallest absolute Gasteiger partial charge is 0.325 e. The number of nitrogens with one attached hydrogen (secondary N) is 2. The minimum atomic E-state index is -0.559. The highest BCUT2D eigenvalue weighted by Gasteiger charge is 2.10. The van der Waals surface area contributed by atoms with Crippen molar-refractivity contribution in [3.8, 4) is 0 Å². The van der Waals surface area contributed by atoms with E-state index in [-0.39, 0.29) is 17.8 Å². The number of amides is 1. The van der Waals surface area contributed by atoms with Gasteiger partial charge in [-0.1, -0.05) is 18.2 Å². The number of ether oxygens (including phenoxy) is 1. The summed E-state index contributed by atoms with van der Waals surface area (Å²) in [5, 5.41) is 3.53. The molecule has 2 aromatic rings. The van der Waals surface area contributed by atoms with Crippen LogP contribution in [0.4, 0.5) is 0 Å². The van der Waals surface area contributed by atoms with Crippen molar-refractivity contribution < 1.29 is 14.3 Å². The molecule has 0 unspecified atom stereocenters. The number of pyridine rings is 1. The fraction of sp³-hybridized carbons (Fsp3) is 0.154. The molecule has 1 amide bonds. The van der Waals surface area contributed by atoms with Gasteiger partial charge < -0.3 is 15.0 Å². The second kappa shape index (κ2) is 5.34. The lowest BCUT2D eigenvalue weighted by atomic mass is 10.1. The minimum absolute atomic E-state index is 0.104. The second-order valence-corrected chi connectivity index (χ2v) is 3.86. The van der Waals surface area contributed by atoms with Gasteiger partial charge in [0.05, 0.1) is 7.11 Å². The molecule has 0 saturated carbocycles. The summed E-state index contributed by atoms with van der Waals surface area (Å²) in [4.78, 5) is 36.9. The molecule has 6 heteroatoms. The minimum Gasteiger partial charge on any atom is -0.468 e. The number of carbonyl (C=O) groups excluding carboxylic acids is 2. The molecule has 1 heterocycles. The molecular weight excluding hydrogens is 248 g/mol. The number of esters is 1. The summed E-state index contributed by atoms with van der Waals surface area (Å²) in [5.74, 6) is -1.09. The molecule has 0 spiro atoms. The Morgan fingerprint density at radius 3 is 2.79 bits per heavy atom. The SMILES string of the molecule is COC(=O)CNC(=O)c1cc2ccccc2c(=O)[nH]1. The maximum Gasteiger partial charge on any atom is 0.325 e. The molecule has 0 fully saturated rings.